The first-order chi connectivity index (χ1) is 9.72. The Balaban J connectivity index is 1.87. The van der Waals surface area contributed by atoms with Gasteiger partial charge in [0.1, 0.15) is 5.75 Å². The number of hydrogen-bond acceptors (Lipinski definition) is 5. The minimum absolute atomic E-state index is 0.0902. The van der Waals surface area contributed by atoms with Crippen molar-refractivity contribution >= 4 is 15.9 Å². The van der Waals surface area contributed by atoms with Crippen molar-refractivity contribution in [2.75, 3.05) is 0 Å². The standard InChI is InChI=1S/C14H10BrN3O2/c15-9-4-5-11(12(19)7-9)14-17-13(18-20-14)8-10-3-1-2-6-16-10/h1-7,19H,8H2. The van der Waals surface area contributed by atoms with Gasteiger partial charge in [-0.2, -0.15) is 4.98 Å². The Hall–Kier alpha value is -2.21. The zero-order valence-electron chi connectivity index (χ0n) is 10.3. The van der Waals surface area contributed by atoms with Crippen LogP contribution in [0.4, 0.5) is 0 Å². The number of nitrogens with zero attached hydrogens (tertiary/aromatic N) is 3. The molecule has 1 N–H and O–H groups in total. The van der Waals surface area contributed by atoms with Crippen molar-refractivity contribution in [1.29, 1.82) is 0 Å². The molecule has 100 valence electrons. The summed E-state index contributed by atoms with van der Waals surface area (Å²) in [5.74, 6) is 0.911. The van der Waals surface area contributed by atoms with E-state index in [4.69, 9.17) is 4.52 Å². The van der Waals surface area contributed by atoms with E-state index in [2.05, 4.69) is 31.1 Å². The van der Waals surface area contributed by atoms with Crippen LogP contribution in [0.15, 0.2) is 51.6 Å². The largest absolute Gasteiger partial charge is 0.507 e. The van der Waals surface area contributed by atoms with Crippen molar-refractivity contribution in [3.05, 3.63) is 58.6 Å². The molecule has 6 heteroatoms. The monoisotopic (exact) mass is 331 g/mol. The molecule has 3 rings (SSSR count). The summed E-state index contributed by atoms with van der Waals surface area (Å²) in [5.41, 5.74) is 1.37. The molecular formula is C14H10BrN3O2. The van der Waals surface area contributed by atoms with E-state index >= 15 is 0 Å². The van der Waals surface area contributed by atoms with Crippen LogP contribution in [0, 0.1) is 0 Å². The molecule has 0 aliphatic carbocycles. The van der Waals surface area contributed by atoms with Crippen LogP contribution in [0.25, 0.3) is 11.5 Å². The predicted molar refractivity (Wildman–Crippen MR) is 76.1 cm³/mol. The summed E-state index contributed by atoms with van der Waals surface area (Å²) < 4.78 is 5.96. The molecule has 0 atom stereocenters. The topological polar surface area (TPSA) is 72.0 Å². The van der Waals surface area contributed by atoms with Gasteiger partial charge in [0, 0.05) is 16.4 Å². The number of rotatable bonds is 3. The van der Waals surface area contributed by atoms with Crippen LogP contribution < -0.4 is 0 Å². The average Bonchev–Trinajstić information content (AvgIpc) is 2.88. The molecule has 0 radical (unpaired) electrons. The second-order valence-corrected chi connectivity index (χ2v) is 5.09. The highest BCUT2D eigenvalue weighted by Gasteiger charge is 2.13. The van der Waals surface area contributed by atoms with Crippen LogP contribution in [0.5, 0.6) is 5.75 Å². The third-order valence-electron chi connectivity index (χ3n) is 2.72. The van der Waals surface area contributed by atoms with Crippen LogP contribution in [0.2, 0.25) is 0 Å². The lowest BCUT2D eigenvalue weighted by Crippen LogP contribution is -1.93. The van der Waals surface area contributed by atoms with E-state index in [0.717, 1.165) is 10.2 Å². The molecule has 2 heterocycles. The molecule has 5 nitrogen and oxygen atoms in total. The molecule has 2 aromatic heterocycles. The van der Waals surface area contributed by atoms with Gasteiger partial charge in [-0.3, -0.25) is 4.98 Å². The quantitative estimate of drug-likeness (QED) is 0.797. The molecule has 0 spiro atoms. The molecule has 0 saturated carbocycles. The first kappa shape index (κ1) is 12.8. The maximum absolute atomic E-state index is 9.87. The summed E-state index contributed by atoms with van der Waals surface area (Å²) in [4.78, 5) is 8.48. The van der Waals surface area contributed by atoms with E-state index < -0.39 is 0 Å². The molecule has 0 aliphatic heterocycles. The van der Waals surface area contributed by atoms with Gasteiger partial charge in [0.25, 0.3) is 5.89 Å². The highest BCUT2D eigenvalue weighted by Crippen LogP contribution is 2.30. The second-order valence-electron chi connectivity index (χ2n) is 4.18. The summed E-state index contributed by atoms with van der Waals surface area (Å²) in [6.45, 7) is 0. The number of aromatic hydroxyl groups is 1. The fourth-order valence-corrected chi connectivity index (χ4v) is 2.13. The molecule has 3 aromatic rings. The summed E-state index contributed by atoms with van der Waals surface area (Å²) in [6, 6.07) is 10.8. The fraction of sp³-hybridized carbons (Fsp3) is 0.0714. The minimum atomic E-state index is 0.0902. The number of pyridine rings is 1. The second kappa shape index (κ2) is 5.42. The normalized spacial score (nSPS) is 10.7. The molecule has 0 unspecified atom stereocenters. The Morgan fingerprint density at radius 2 is 2.10 bits per heavy atom. The van der Waals surface area contributed by atoms with E-state index in [1.54, 1.807) is 24.4 Å². The Bertz CT molecular complexity index is 728. The molecule has 0 fully saturated rings. The van der Waals surface area contributed by atoms with Crippen LogP contribution in [0.3, 0.4) is 0 Å². The number of hydrogen-bond donors (Lipinski definition) is 1. The first-order valence-corrected chi connectivity index (χ1v) is 6.73. The summed E-state index contributed by atoms with van der Waals surface area (Å²) in [5, 5.41) is 13.8. The number of phenols is 1. The SMILES string of the molecule is Oc1cc(Br)ccc1-c1nc(Cc2ccccn2)no1. The lowest BCUT2D eigenvalue weighted by Gasteiger charge is -1.99. The number of benzene rings is 1. The Labute approximate surface area is 123 Å². The minimum Gasteiger partial charge on any atom is -0.507 e. The molecule has 0 aliphatic rings. The van der Waals surface area contributed by atoms with Gasteiger partial charge >= 0.3 is 0 Å². The highest BCUT2D eigenvalue weighted by atomic mass is 79.9. The summed E-state index contributed by atoms with van der Waals surface area (Å²) in [6.07, 6.45) is 2.21. The van der Waals surface area contributed by atoms with Crippen LogP contribution in [0.1, 0.15) is 11.5 Å². The van der Waals surface area contributed by atoms with Gasteiger partial charge in [-0.25, -0.2) is 0 Å². The third kappa shape index (κ3) is 2.70. The average molecular weight is 332 g/mol. The highest BCUT2D eigenvalue weighted by molar-refractivity contribution is 9.10. The van der Waals surface area contributed by atoms with Gasteiger partial charge in [0.05, 0.1) is 12.0 Å². The third-order valence-corrected chi connectivity index (χ3v) is 3.22. The van der Waals surface area contributed by atoms with Crippen LogP contribution >= 0.6 is 15.9 Å². The van der Waals surface area contributed by atoms with E-state index in [1.807, 2.05) is 18.2 Å². The lowest BCUT2D eigenvalue weighted by atomic mass is 10.2. The van der Waals surface area contributed by atoms with Gasteiger partial charge in [-0.1, -0.05) is 27.2 Å². The fourth-order valence-electron chi connectivity index (χ4n) is 1.79. The molecule has 1 aromatic carbocycles. The zero-order chi connectivity index (χ0) is 13.9. The Kier molecular flexibility index (Phi) is 3.47. The van der Waals surface area contributed by atoms with Crippen molar-refractivity contribution < 1.29 is 9.63 Å². The van der Waals surface area contributed by atoms with E-state index in [1.165, 1.54) is 0 Å². The Morgan fingerprint density at radius 3 is 2.85 bits per heavy atom. The van der Waals surface area contributed by atoms with Crippen LogP contribution in [-0.4, -0.2) is 20.2 Å². The van der Waals surface area contributed by atoms with Gasteiger partial charge in [0.15, 0.2) is 5.82 Å². The molecule has 0 amide bonds. The Morgan fingerprint density at radius 1 is 1.20 bits per heavy atom. The first-order valence-electron chi connectivity index (χ1n) is 5.94. The maximum Gasteiger partial charge on any atom is 0.261 e. The smallest absolute Gasteiger partial charge is 0.261 e. The number of aromatic nitrogens is 3. The van der Waals surface area contributed by atoms with Crippen molar-refractivity contribution in [1.82, 2.24) is 15.1 Å². The van der Waals surface area contributed by atoms with Gasteiger partial charge in [-0.05, 0) is 30.3 Å². The molecular weight excluding hydrogens is 322 g/mol. The van der Waals surface area contributed by atoms with Gasteiger partial charge in [-0.15, -0.1) is 0 Å². The van der Waals surface area contributed by atoms with Crippen molar-refractivity contribution in [3.8, 4) is 17.2 Å². The number of phenolic OH excluding ortho intramolecular Hbond substituents is 1. The number of halogens is 1. The van der Waals surface area contributed by atoms with Crippen molar-refractivity contribution in [3.63, 3.8) is 0 Å². The zero-order valence-corrected chi connectivity index (χ0v) is 11.9. The molecule has 0 bridgehead atoms. The van der Waals surface area contributed by atoms with Gasteiger partial charge in [0.2, 0.25) is 0 Å². The van der Waals surface area contributed by atoms with E-state index in [9.17, 15) is 5.11 Å². The van der Waals surface area contributed by atoms with Gasteiger partial charge < -0.3 is 9.63 Å². The van der Waals surface area contributed by atoms with E-state index in [-0.39, 0.29) is 5.75 Å². The van der Waals surface area contributed by atoms with Crippen LogP contribution in [-0.2, 0) is 6.42 Å². The summed E-state index contributed by atoms with van der Waals surface area (Å²) >= 11 is 3.28. The lowest BCUT2D eigenvalue weighted by molar-refractivity contribution is 0.418. The summed E-state index contributed by atoms with van der Waals surface area (Å²) in [7, 11) is 0. The predicted octanol–water partition coefficient (Wildman–Crippen LogP) is 3.19. The van der Waals surface area contributed by atoms with Crippen molar-refractivity contribution in [2.45, 2.75) is 6.42 Å². The molecule has 20 heavy (non-hydrogen) atoms. The maximum atomic E-state index is 9.87. The van der Waals surface area contributed by atoms with Crippen molar-refractivity contribution in [2.24, 2.45) is 0 Å². The molecule has 0 saturated heterocycles. The van der Waals surface area contributed by atoms with E-state index in [0.29, 0.717) is 23.7 Å².